The average Bonchev–Trinajstić information content (AvgIpc) is 2.51. The summed E-state index contributed by atoms with van der Waals surface area (Å²) >= 11 is 0. The van der Waals surface area contributed by atoms with Crippen molar-refractivity contribution >= 4 is 11.8 Å². The molecule has 0 saturated carbocycles. The Morgan fingerprint density at radius 3 is 2.57 bits per heavy atom. The standard InChI is InChI=1S/C18H27NO4/c1-5-6-9-19(3)12-15(11-17(20)21)18(22)14-7-8-16(23-4)13(2)10-14/h7-8,10,15H,5-6,9,11-12H2,1-4H3,(H,20,21). The Labute approximate surface area is 138 Å². The van der Waals surface area contributed by atoms with E-state index in [0.29, 0.717) is 12.1 Å². The molecule has 0 bridgehead atoms. The third kappa shape index (κ3) is 6.02. The SMILES string of the molecule is CCCCN(C)CC(CC(=O)O)C(=O)c1ccc(OC)c(C)c1. The Morgan fingerprint density at radius 1 is 1.35 bits per heavy atom. The summed E-state index contributed by atoms with van der Waals surface area (Å²) in [6, 6.07) is 5.22. The molecular weight excluding hydrogens is 294 g/mol. The van der Waals surface area contributed by atoms with Crippen LogP contribution in [0.25, 0.3) is 0 Å². The number of carboxylic acids is 1. The van der Waals surface area contributed by atoms with E-state index in [4.69, 9.17) is 9.84 Å². The van der Waals surface area contributed by atoms with Crippen molar-refractivity contribution in [1.82, 2.24) is 4.90 Å². The van der Waals surface area contributed by atoms with Gasteiger partial charge in [-0.3, -0.25) is 9.59 Å². The maximum atomic E-state index is 12.7. The van der Waals surface area contributed by atoms with E-state index in [0.717, 1.165) is 30.7 Å². The zero-order valence-electron chi connectivity index (χ0n) is 14.5. The van der Waals surface area contributed by atoms with Gasteiger partial charge in [0.2, 0.25) is 0 Å². The number of carbonyl (C=O) groups excluding carboxylic acids is 1. The summed E-state index contributed by atoms with van der Waals surface area (Å²) in [4.78, 5) is 25.9. The second kappa shape index (κ2) is 9.30. The van der Waals surface area contributed by atoms with Crippen molar-refractivity contribution in [3.8, 4) is 5.75 Å². The number of ketones is 1. The first kappa shape index (κ1) is 19.2. The van der Waals surface area contributed by atoms with E-state index in [2.05, 4.69) is 6.92 Å². The van der Waals surface area contributed by atoms with E-state index < -0.39 is 11.9 Å². The summed E-state index contributed by atoms with van der Waals surface area (Å²) in [5, 5.41) is 9.11. The van der Waals surface area contributed by atoms with Crippen molar-refractivity contribution in [2.75, 3.05) is 27.2 Å². The third-order valence-electron chi connectivity index (χ3n) is 3.90. The summed E-state index contributed by atoms with van der Waals surface area (Å²) in [5.41, 5.74) is 1.41. The first-order valence-electron chi connectivity index (χ1n) is 7.98. The fourth-order valence-corrected chi connectivity index (χ4v) is 2.61. The number of unbranched alkanes of at least 4 members (excludes halogenated alkanes) is 1. The molecule has 0 amide bonds. The number of aliphatic carboxylic acids is 1. The maximum Gasteiger partial charge on any atom is 0.304 e. The van der Waals surface area contributed by atoms with Crippen molar-refractivity contribution in [3.05, 3.63) is 29.3 Å². The van der Waals surface area contributed by atoms with Gasteiger partial charge in [0.05, 0.1) is 13.5 Å². The normalized spacial score (nSPS) is 12.2. The second-order valence-electron chi connectivity index (χ2n) is 5.96. The van der Waals surface area contributed by atoms with Crippen molar-refractivity contribution in [2.24, 2.45) is 5.92 Å². The number of carboxylic acid groups (broad SMARTS) is 1. The van der Waals surface area contributed by atoms with Crippen LogP contribution in [0.1, 0.15) is 42.1 Å². The van der Waals surface area contributed by atoms with Gasteiger partial charge in [-0.1, -0.05) is 13.3 Å². The molecule has 5 heteroatoms. The van der Waals surface area contributed by atoms with Crippen LogP contribution in [0, 0.1) is 12.8 Å². The molecule has 0 saturated heterocycles. The van der Waals surface area contributed by atoms with Crippen LogP contribution in [0.5, 0.6) is 5.75 Å². The van der Waals surface area contributed by atoms with Gasteiger partial charge in [0, 0.05) is 18.0 Å². The highest BCUT2D eigenvalue weighted by Gasteiger charge is 2.24. The summed E-state index contributed by atoms with van der Waals surface area (Å²) in [7, 11) is 3.51. The van der Waals surface area contributed by atoms with Crippen molar-refractivity contribution < 1.29 is 19.4 Å². The number of benzene rings is 1. The lowest BCUT2D eigenvalue weighted by atomic mass is 9.93. The van der Waals surface area contributed by atoms with Gasteiger partial charge in [0.15, 0.2) is 5.78 Å². The van der Waals surface area contributed by atoms with E-state index in [9.17, 15) is 9.59 Å². The molecule has 1 N–H and O–H groups in total. The van der Waals surface area contributed by atoms with Gasteiger partial charge in [0.1, 0.15) is 5.75 Å². The number of hydrogen-bond donors (Lipinski definition) is 1. The maximum absolute atomic E-state index is 12.7. The van der Waals surface area contributed by atoms with Crippen molar-refractivity contribution in [1.29, 1.82) is 0 Å². The van der Waals surface area contributed by atoms with Crippen LogP contribution in [-0.4, -0.2) is 49.0 Å². The first-order valence-corrected chi connectivity index (χ1v) is 7.98. The zero-order valence-corrected chi connectivity index (χ0v) is 14.5. The smallest absolute Gasteiger partial charge is 0.304 e. The van der Waals surface area contributed by atoms with Gasteiger partial charge in [-0.05, 0) is 50.7 Å². The van der Waals surface area contributed by atoms with Gasteiger partial charge >= 0.3 is 5.97 Å². The summed E-state index contributed by atoms with van der Waals surface area (Å²) < 4.78 is 5.20. The highest BCUT2D eigenvalue weighted by Crippen LogP contribution is 2.22. The number of carbonyl (C=O) groups is 2. The Bertz CT molecular complexity index is 542. The summed E-state index contributed by atoms with van der Waals surface area (Å²) in [5.74, 6) is -0.891. The zero-order chi connectivity index (χ0) is 17.4. The molecule has 1 aromatic carbocycles. The fourth-order valence-electron chi connectivity index (χ4n) is 2.61. The quantitative estimate of drug-likeness (QED) is 0.671. The molecule has 0 spiro atoms. The van der Waals surface area contributed by atoms with Crippen LogP contribution in [0.3, 0.4) is 0 Å². The predicted octanol–water partition coefficient (Wildman–Crippen LogP) is 3.01. The van der Waals surface area contributed by atoms with Crippen molar-refractivity contribution in [3.63, 3.8) is 0 Å². The monoisotopic (exact) mass is 321 g/mol. The van der Waals surface area contributed by atoms with E-state index in [-0.39, 0.29) is 12.2 Å². The molecule has 1 atom stereocenters. The molecule has 128 valence electrons. The molecular formula is C18H27NO4. The Kier molecular flexibility index (Phi) is 7.75. The fraction of sp³-hybridized carbons (Fsp3) is 0.556. The summed E-state index contributed by atoms with van der Waals surface area (Å²) in [6.45, 7) is 5.29. The van der Waals surface area contributed by atoms with Crippen LogP contribution in [0.2, 0.25) is 0 Å². The summed E-state index contributed by atoms with van der Waals surface area (Å²) in [6.07, 6.45) is 1.95. The molecule has 0 radical (unpaired) electrons. The number of hydrogen-bond acceptors (Lipinski definition) is 4. The van der Waals surface area contributed by atoms with Crippen LogP contribution in [-0.2, 0) is 4.79 Å². The lowest BCUT2D eigenvalue weighted by molar-refractivity contribution is -0.137. The van der Waals surface area contributed by atoms with Crippen LogP contribution in [0.15, 0.2) is 18.2 Å². The van der Waals surface area contributed by atoms with Gasteiger partial charge in [-0.15, -0.1) is 0 Å². The van der Waals surface area contributed by atoms with Crippen LogP contribution < -0.4 is 4.74 Å². The first-order chi connectivity index (χ1) is 10.9. The number of aryl methyl sites for hydroxylation is 1. The van der Waals surface area contributed by atoms with E-state index >= 15 is 0 Å². The average molecular weight is 321 g/mol. The van der Waals surface area contributed by atoms with E-state index in [1.165, 1.54) is 0 Å². The highest BCUT2D eigenvalue weighted by atomic mass is 16.5. The number of Topliss-reactive ketones (excluding diaryl/α,β-unsaturated/α-hetero) is 1. The van der Waals surface area contributed by atoms with E-state index in [1.54, 1.807) is 25.3 Å². The molecule has 23 heavy (non-hydrogen) atoms. The minimum atomic E-state index is -0.947. The molecule has 5 nitrogen and oxygen atoms in total. The Hall–Kier alpha value is -1.88. The molecule has 0 aliphatic heterocycles. The molecule has 0 heterocycles. The number of rotatable bonds is 10. The lowest BCUT2D eigenvalue weighted by Gasteiger charge is -2.22. The van der Waals surface area contributed by atoms with Crippen LogP contribution >= 0.6 is 0 Å². The van der Waals surface area contributed by atoms with Gasteiger partial charge < -0.3 is 14.7 Å². The minimum absolute atomic E-state index is 0.124. The topological polar surface area (TPSA) is 66.8 Å². The Morgan fingerprint density at radius 2 is 2.04 bits per heavy atom. The second-order valence-corrected chi connectivity index (χ2v) is 5.96. The van der Waals surface area contributed by atoms with Gasteiger partial charge in [-0.2, -0.15) is 0 Å². The van der Waals surface area contributed by atoms with Gasteiger partial charge in [-0.25, -0.2) is 0 Å². The molecule has 0 aliphatic carbocycles. The largest absolute Gasteiger partial charge is 0.496 e. The van der Waals surface area contributed by atoms with E-state index in [1.807, 2.05) is 18.9 Å². The number of methoxy groups -OCH3 is 1. The Balaban J connectivity index is 2.90. The predicted molar refractivity (Wildman–Crippen MR) is 90.2 cm³/mol. The van der Waals surface area contributed by atoms with Crippen LogP contribution in [0.4, 0.5) is 0 Å². The molecule has 1 unspecified atom stereocenters. The molecule has 0 aliphatic rings. The van der Waals surface area contributed by atoms with Gasteiger partial charge in [0.25, 0.3) is 0 Å². The molecule has 1 aromatic rings. The van der Waals surface area contributed by atoms with Crippen molar-refractivity contribution in [2.45, 2.75) is 33.1 Å². The highest BCUT2D eigenvalue weighted by molar-refractivity contribution is 5.99. The lowest BCUT2D eigenvalue weighted by Crippen LogP contribution is -2.32. The molecule has 1 rings (SSSR count). The minimum Gasteiger partial charge on any atom is -0.496 e. The third-order valence-corrected chi connectivity index (χ3v) is 3.90. The molecule has 0 aromatic heterocycles. The number of nitrogens with zero attached hydrogens (tertiary/aromatic N) is 1. The molecule has 0 fully saturated rings. The number of ether oxygens (including phenoxy) is 1.